The van der Waals surface area contributed by atoms with Crippen molar-refractivity contribution < 1.29 is 4.79 Å². The van der Waals surface area contributed by atoms with Gasteiger partial charge in [-0.05, 0) is 49.3 Å². The van der Waals surface area contributed by atoms with Gasteiger partial charge in [-0.3, -0.25) is 4.79 Å². The van der Waals surface area contributed by atoms with Crippen molar-refractivity contribution in [1.82, 2.24) is 14.9 Å². The van der Waals surface area contributed by atoms with Crippen molar-refractivity contribution in [2.45, 2.75) is 45.6 Å². The Morgan fingerprint density at radius 3 is 2.76 bits per heavy atom. The third-order valence-corrected chi connectivity index (χ3v) is 4.84. The van der Waals surface area contributed by atoms with E-state index in [-0.39, 0.29) is 5.91 Å². The van der Waals surface area contributed by atoms with E-state index in [4.69, 9.17) is 0 Å². The van der Waals surface area contributed by atoms with Gasteiger partial charge in [0, 0.05) is 18.7 Å². The molecule has 1 amide bonds. The summed E-state index contributed by atoms with van der Waals surface area (Å²) in [5, 5.41) is 0. The number of H-pyrrole nitrogens is 1. The minimum Gasteiger partial charge on any atom is -0.345 e. The molecule has 0 atom stereocenters. The van der Waals surface area contributed by atoms with Gasteiger partial charge in [-0.25, -0.2) is 4.98 Å². The van der Waals surface area contributed by atoms with Crippen molar-refractivity contribution >= 4 is 16.9 Å². The minimum absolute atomic E-state index is 0.108. The summed E-state index contributed by atoms with van der Waals surface area (Å²) in [6.45, 7) is 4.63. The molecule has 1 heterocycles. The molecule has 4 nitrogen and oxygen atoms in total. The minimum atomic E-state index is 0.108. The van der Waals surface area contributed by atoms with Crippen LogP contribution in [0.25, 0.3) is 11.0 Å². The van der Waals surface area contributed by atoms with Crippen LogP contribution in [0.4, 0.5) is 0 Å². The number of aromatic nitrogens is 2. The van der Waals surface area contributed by atoms with Crippen molar-refractivity contribution in [2.75, 3.05) is 7.05 Å². The molecule has 4 heteroatoms. The Hall–Kier alpha value is -1.84. The van der Waals surface area contributed by atoms with Crippen LogP contribution in [0.2, 0.25) is 0 Å². The molecule has 1 N–H and O–H groups in total. The summed E-state index contributed by atoms with van der Waals surface area (Å²) < 4.78 is 0. The fraction of sp³-hybridized carbons (Fsp3) is 0.529. The van der Waals surface area contributed by atoms with Crippen LogP contribution in [0.1, 0.15) is 49.9 Å². The lowest BCUT2D eigenvalue weighted by atomic mass is 9.75. The maximum absolute atomic E-state index is 12.7. The largest absolute Gasteiger partial charge is 0.345 e. The van der Waals surface area contributed by atoms with E-state index in [2.05, 4.69) is 23.8 Å². The molecule has 1 fully saturated rings. The number of nitrogens with zero attached hydrogens (tertiary/aromatic N) is 2. The zero-order valence-corrected chi connectivity index (χ0v) is 13.0. The molecule has 1 aromatic carbocycles. The van der Waals surface area contributed by atoms with E-state index in [9.17, 15) is 4.79 Å². The van der Waals surface area contributed by atoms with Crippen LogP contribution < -0.4 is 0 Å². The summed E-state index contributed by atoms with van der Waals surface area (Å²) in [4.78, 5) is 21.8. The number of aromatic amines is 1. The van der Waals surface area contributed by atoms with Gasteiger partial charge in [0.25, 0.3) is 5.91 Å². The third-order valence-electron chi connectivity index (χ3n) is 4.84. The highest BCUT2D eigenvalue weighted by Gasteiger charge is 2.30. The number of hydrogen-bond donors (Lipinski definition) is 1. The monoisotopic (exact) mass is 285 g/mol. The van der Waals surface area contributed by atoms with Crippen molar-refractivity contribution in [3.8, 4) is 0 Å². The highest BCUT2D eigenvalue weighted by molar-refractivity contribution is 5.97. The number of benzene rings is 1. The molecular formula is C17H23N3O. The summed E-state index contributed by atoms with van der Waals surface area (Å²) in [6, 6.07) is 6.03. The predicted molar refractivity (Wildman–Crippen MR) is 84.2 cm³/mol. The Balaban J connectivity index is 1.75. The number of rotatable bonds is 2. The maximum atomic E-state index is 12.7. The van der Waals surface area contributed by atoms with Gasteiger partial charge < -0.3 is 9.88 Å². The van der Waals surface area contributed by atoms with E-state index in [1.807, 2.05) is 30.1 Å². The first kappa shape index (κ1) is 14.1. The molecule has 0 saturated heterocycles. The molecule has 0 spiro atoms. The van der Waals surface area contributed by atoms with Gasteiger partial charge in [0.05, 0.1) is 17.4 Å². The number of imidazole rings is 1. The van der Waals surface area contributed by atoms with Gasteiger partial charge >= 0.3 is 0 Å². The van der Waals surface area contributed by atoms with Gasteiger partial charge in [0.1, 0.15) is 0 Å². The van der Waals surface area contributed by atoms with E-state index < -0.39 is 0 Å². The van der Waals surface area contributed by atoms with Gasteiger partial charge in [-0.15, -0.1) is 0 Å². The normalized spacial score (nSPS) is 18.8. The fourth-order valence-electron chi connectivity index (χ4n) is 3.21. The number of fused-ring (bicyclic) bond motifs is 1. The molecule has 3 rings (SSSR count). The van der Waals surface area contributed by atoms with E-state index >= 15 is 0 Å². The van der Waals surface area contributed by atoms with E-state index in [1.54, 1.807) is 6.33 Å². The van der Waals surface area contributed by atoms with Gasteiger partial charge in [-0.1, -0.05) is 13.8 Å². The summed E-state index contributed by atoms with van der Waals surface area (Å²) in [6.07, 6.45) is 6.23. The first-order valence-electron chi connectivity index (χ1n) is 7.67. The average Bonchev–Trinajstić information content (AvgIpc) is 2.93. The topological polar surface area (TPSA) is 49.0 Å². The number of amides is 1. The molecule has 0 aliphatic heterocycles. The van der Waals surface area contributed by atoms with E-state index in [1.165, 1.54) is 12.8 Å². The maximum Gasteiger partial charge on any atom is 0.253 e. The van der Waals surface area contributed by atoms with Gasteiger partial charge in [0.15, 0.2) is 0 Å². The smallest absolute Gasteiger partial charge is 0.253 e. The Morgan fingerprint density at radius 2 is 2.05 bits per heavy atom. The molecule has 1 saturated carbocycles. The van der Waals surface area contributed by atoms with Crippen LogP contribution >= 0.6 is 0 Å². The standard InChI is InChI=1S/C17H23N3O/c1-17(2)8-6-13(7-9-17)20(3)16(21)12-4-5-14-15(10-12)19-11-18-14/h4-5,10-11,13H,6-9H2,1-3H3,(H,18,19). The van der Waals surface area contributed by atoms with Crippen LogP contribution in [0.5, 0.6) is 0 Å². The van der Waals surface area contributed by atoms with E-state index in [0.29, 0.717) is 11.5 Å². The number of nitrogens with one attached hydrogen (secondary N) is 1. The highest BCUT2D eigenvalue weighted by Crippen LogP contribution is 2.36. The van der Waals surface area contributed by atoms with Crippen LogP contribution in [0.15, 0.2) is 24.5 Å². The van der Waals surface area contributed by atoms with Gasteiger partial charge in [0.2, 0.25) is 0 Å². The zero-order valence-electron chi connectivity index (χ0n) is 13.0. The fourth-order valence-corrected chi connectivity index (χ4v) is 3.21. The quantitative estimate of drug-likeness (QED) is 0.916. The van der Waals surface area contributed by atoms with Crippen molar-refractivity contribution in [1.29, 1.82) is 0 Å². The second-order valence-corrected chi connectivity index (χ2v) is 6.95. The molecule has 0 unspecified atom stereocenters. The number of carbonyl (C=O) groups excluding carboxylic acids is 1. The molecule has 2 aromatic rings. The predicted octanol–water partition coefficient (Wildman–Crippen LogP) is 3.60. The van der Waals surface area contributed by atoms with Crippen LogP contribution in [-0.2, 0) is 0 Å². The average molecular weight is 285 g/mol. The zero-order chi connectivity index (χ0) is 15.0. The molecule has 0 radical (unpaired) electrons. The van der Waals surface area contributed by atoms with Gasteiger partial charge in [-0.2, -0.15) is 0 Å². The summed E-state index contributed by atoms with van der Waals surface area (Å²) >= 11 is 0. The Labute approximate surface area is 125 Å². The lowest BCUT2D eigenvalue weighted by Gasteiger charge is -2.38. The lowest BCUT2D eigenvalue weighted by Crippen LogP contribution is -2.40. The number of carbonyl (C=O) groups is 1. The second kappa shape index (κ2) is 5.17. The van der Waals surface area contributed by atoms with Crippen LogP contribution in [0, 0.1) is 5.41 Å². The summed E-state index contributed by atoms with van der Waals surface area (Å²) in [5.41, 5.74) is 2.97. The highest BCUT2D eigenvalue weighted by atomic mass is 16.2. The van der Waals surface area contributed by atoms with E-state index in [0.717, 1.165) is 29.4 Å². The molecule has 1 aromatic heterocycles. The SMILES string of the molecule is CN(C(=O)c1ccc2nc[nH]c2c1)C1CCC(C)(C)CC1. The van der Waals surface area contributed by atoms with Crippen molar-refractivity contribution in [3.05, 3.63) is 30.1 Å². The summed E-state index contributed by atoms with van der Waals surface area (Å²) in [7, 11) is 1.93. The molecule has 112 valence electrons. The van der Waals surface area contributed by atoms with Crippen molar-refractivity contribution in [3.63, 3.8) is 0 Å². The first-order valence-corrected chi connectivity index (χ1v) is 7.67. The molecule has 1 aliphatic carbocycles. The first-order chi connectivity index (χ1) is 9.96. The Kier molecular flexibility index (Phi) is 3.47. The molecule has 1 aliphatic rings. The third kappa shape index (κ3) is 2.80. The van der Waals surface area contributed by atoms with Crippen LogP contribution in [-0.4, -0.2) is 33.9 Å². The lowest BCUT2D eigenvalue weighted by molar-refractivity contribution is 0.0635. The second-order valence-electron chi connectivity index (χ2n) is 6.95. The Morgan fingerprint density at radius 1 is 1.33 bits per heavy atom. The van der Waals surface area contributed by atoms with Crippen molar-refractivity contribution in [2.24, 2.45) is 5.41 Å². The Bertz CT molecular complexity index is 649. The summed E-state index contributed by atoms with van der Waals surface area (Å²) in [5.74, 6) is 0.108. The number of hydrogen-bond acceptors (Lipinski definition) is 2. The molecule has 21 heavy (non-hydrogen) atoms. The van der Waals surface area contributed by atoms with Crippen LogP contribution in [0.3, 0.4) is 0 Å². The molecular weight excluding hydrogens is 262 g/mol. The molecule has 0 bridgehead atoms.